The second kappa shape index (κ2) is 4.53. The van der Waals surface area contributed by atoms with Gasteiger partial charge in [0.15, 0.2) is 0 Å². The second-order valence-electron chi connectivity index (χ2n) is 1.58. The standard InChI is InChI=1S/C7H7.Ac/c1-7-5-3-2-4-6-7;/h3-6H,1H3;/q-1;. The Balaban J connectivity index is 0.000000490. The number of rotatable bonds is 0. The van der Waals surface area contributed by atoms with Crippen molar-refractivity contribution in [2.75, 3.05) is 0 Å². The Labute approximate surface area is 85.9 Å². The van der Waals surface area contributed by atoms with E-state index < -0.39 is 0 Å². The Hall–Kier alpha value is 0.662. The van der Waals surface area contributed by atoms with Crippen molar-refractivity contribution >= 4 is 0 Å². The topological polar surface area (TPSA) is 0 Å². The minimum Gasteiger partial charge on any atom is -0.184 e. The number of hydrogen-bond donors (Lipinski definition) is 0. The Morgan fingerprint density at radius 3 is 2.00 bits per heavy atom. The van der Waals surface area contributed by atoms with Crippen LogP contribution in [0.2, 0.25) is 0 Å². The molecule has 0 nitrogen and oxygen atoms in total. The van der Waals surface area contributed by atoms with Gasteiger partial charge < -0.3 is 0 Å². The first kappa shape index (κ1) is 8.66. The maximum atomic E-state index is 2.93. The van der Waals surface area contributed by atoms with E-state index in [1.807, 2.05) is 24.3 Å². The normalized spacial score (nSPS) is 7.62. The Morgan fingerprint density at radius 1 is 1.25 bits per heavy atom. The van der Waals surface area contributed by atoms with Gasteiger partial charge in [-0.15, -0.1) is 0 Å². The molecule has 0 spiro atoms. The Bertz CT molecular complexity index is 134. The molecule has 0 amide bonds. The molecule has 1 aromatic carbocycles. The van der Waals surface area contributed by atoms with Crippen molar-refractivity contribution in [1.29, 1.82) is 0 Å². The molecule has 0 N–H and O–H groups in total. The van der Waals surface area contributed by atoms with Gasteiger partial charge in [0.25, 0.3) is 0 Å². The fourth-order valence-electron chi connectivity index (χ4n) is 0.470. The van der Waals surface area contributed by atoms with Crippen LogP contribution in [0.25, 0.3) is 0 Å². The van der Waals surface area contributed by atoms with Crippen molar-refractivity contribution in [2.24, 2.45) is 0 Å². The van der Waals surface area contributed by atoms with Crippen LogP contribution in [0.15, 0.2) is 24.3 Å². The van der Waals surface area contributed by atoms with Crippen LogP contribution in [0.5, 0.6) is 0 Å². The summed E-state index contributed by atoms with van der Waals surface area (Å²) in [5.74, 6) is 0. The third kappa shape index (κ3) is 2.85. The van der Waals surface area contributed by atoms with Crippen LogP contribution in [0.3, 0.4) is 0 Å². The van der Waals surface area contributed by atoms with Gasteiger partial charge in [-0.05, 0) is 0 Å². The zero-order valence-electron chi connectivity index (χ0n) is 4.89. The summed E-state index contributed by atoms with van der Waals surface area (Å²) in [7, 11) is 0. The first-order chi connectivity index (χ1) is 3.39. The van der Waals surface area contributed by atoms with E-state index >= 15 is 0 Å². The zero-order chi connectivity index (χ0) is 5.11. The fraction of sp³-hybridized carbons (Fsp3) is 0.143. The zero-order valence-corrected chi connectivity index (χ0v) is 9.63. The van der Waals surface area contributed by atoms with Crippen molar-refractivity contribution in [3.63, 3.8) is 0 Å². The first-order valence-corrected chi connectivity index (χ1v) is 2.32. The van der Waals surface area contributed by atoms with Gasteiger partial charge in [-0.2, -0.15) is 35.9 Å². The van der Waals surface area contributed by atoms with Gasteiger partial charge in [-0.25, -0.2) is 0 Å². The molecule has 0 saturated heterocycles. The van der Waals surface area contributed by atoms with Crippen LogP contribution in [0.4, 0.5) is 0 Å². The monoisotopic (exact) mass is 318 g/mol. The average Bonchev–Trinajstić information content (AvgIpc) is 1.69. The molecule has 1 radical (unpaired) electrons. The van der Waals surface area contributed by atoms with Crippen LogP contribution in [-0.4, -0.2) is 0 Å². The predicted octanol–water partition coefficient (Wildman–Crippen LogP) is 1.80. The van der Waals surface area contributed by atoms with E-state index in [2.05, 4.69) is 13.0 Å². The first-order valence-electron chi connectivity index (χ1n) is 2.32. The SMILES string of the molecule is Cc1cc[c-]cc1.[Ac]. The van der Waals surface area contributed by atoms with Gasteiger partial charge in [0.05, 0.1) is 0 Å². The largest absolute Gasteiger partial charge is 0.184 e. The van der Waals surface area contributed by atoms with Gasteiger partial charge in [-0.1, -0.05) is 6.92 Å². The summed E-state index contributed by atoms with van der Waals surface area (Å²) in [6.07, 6.45) is 0. The van der Waals surface area contributed by atoms with Crippen LogP contribution >= 0.6 is 0 Å². The average molecular weight is 318 g/mol. The molecule has 0 aliphatic rings. The Kier molecular flexibility index (Phi) is 4.91. The summed E-state index contributed by atoms with van der Waals surface area (Å²) < 4.78 is 0. The minimum atomic E-state index is 0. The molecular formula is C7H7Ac-. The summed E-state index contributed by atoms with van der Waals surface area (Å²) >= 11 is 0. The van der Waals surface area contributed by atoms with E-state index in [0.717, 1.165) is 0 Å². The summed E-state index contributed by atoms with van der Waals surface area (Å²) in [6, 6.07) is 10.8. The van der Waals surface area contributed by atoms with E-state index in [4.69, 9.17) is 0 Å². The van der Waals surface area contributed by atoms with Crippen LogP contribution in [0, 0.1) is 57.1 Å². The minimum absolute atomic E-state index is 0. The smallest absolute Gasteiger partial charge is 0 e. The maximum Gasteiger partial charge on any atom is 0 e. The van der Waals surface area contributed by atoms with Crippen LogP contribution in [0.1, 0.15) is 5.56 Å². The van der Waals surface area contributed by atoms with E-state index in [-0.39, 0.29) is 44.1 Å². The second-order valence-corrected chi connectivity index (χ2v) is 1.58. The van der Waals surface area contributed by atoms with E-state index in [1.165, 1.54) is 5.56 Å². The third-order valence-electron chi connectivity index (χ3n) is 0.885. The molecular weight excluding hydrogens is 311 g/mol. The molecule has 0 aliphatic heterocycles. The molecule has 39 valence electrons. The maximum absolute atomic E-state index is 2.93. The third-order valence-corrected chi connectivity index (χ3v) is 0.885. The van der Waals surface area contributed by atoms with Crippen molar-refractivity contribution in [3.05, 3.63) is 35.9 Å². The molecule has 0 bridgehead atoms. The number of benzene rings is 1. The van der Waals surface area contributed by atoms with Gasteiger partial charge in [-0.3, -0.25) is 0 Å². The fourth-order valence-corrected chi connectivity index (χ4v) is 0.470. The molecule has 0 atom stereocenters. The summed E-state index contributed by atoms with van der Waals surface area (Å²) in [4.78, 5) is 0. The molecule has 0 aromatic heterocycles. The molecule has 0 fully saturated rings. The van der Waals surface area contributed by atoms with Crippen molar-refractivity contribution in [2.45, 2.75) is 6.92 Å². The van der Waals surface area contributed by atoms with Crippen LogP contribution < -0.4 is 0 Å². The van der Waals surface area contributed by atoms with E-state index in [9.17, 15) is 0 Å². The molecule has 0 saturated carbocycles. The number of hydrogen-bond acceptors (Lipinski definition) is 0. The Morgan fingerprint density at radius 2 is 1.75 bits per heavy atom. The number of aryl methyl sites for hydroxylation is 1. The molecule has 1 aromatic rings. The molecule has 0 unspecified atom stereocenters. The quantitative estimate of drug-likeness (QED) is 0.640. The van der Waals surface area contributed by atoms with Crippen molar-refractivity contribution in [3.8, 4) is 0 Å². The molecule has 1 rings (SSSR count). The van der Waals surface area contributed by atoms with Crippen molar-refractivity contribution in [1.82, 2.24) is 0 Å². The van der Waals surface area contributed by atoms with Gasteiger partial charge in [0, 0.05) is 44.1 Å². The van der Waals surface area contributed by atoms with Gasteiger partial charge >= 0.3 is 0 Å². The summed E-state index contributed by atoms with van der Waals surface area (Å²) in [6.45, 7) is 2.06. The van der Waals surface area contributed by atoms with Crippen molar-refractivity contribution < 1.29 is 44.1 Å². The summed E-state index contributed by atoms with van der Waals surface area (Å²) in [5.41, 5.74) is 1.29. The predicted molar refractivity (Wildman–Crippen MR) is 30.0 cm³/mol. The summed E-state index contributed by atoms with van der Waals surface area (Å²) in [5, 5.41) is 0. The molecule has 0 aliphatic carbocycles. The molecule has 8 heavy (non-hydrogen) atoms. The van der Waals surface area contributed by atoms with Crippen LogP contribution in [-0.2, 0) is 0 Å². The molecule has 1 heteroatoms. The van der Waals surface area contributed by atoms with Gasteiger partial charge in [0.1, 0.15) is 0 Å². The molecule has 0 heterocycles. The van der Waals surface area contributed by atoms with Gasteiger partial charge in [0.2, 0.25) is 0 Å². The van der Waals surface area contributed by atoms with E-state index in [1.54, 1.807) is 0 Å². The van der Waals surface area contributed by atoms with E-state index in [0.29, 0.717) is 0 Å².